The second-order valence-corrected chi connectivity index (χ2v) is 7.65. The predicted octanol–water partition coefficient (Wildman–Crippen LogP) is 0.669. The molecule has 3 N–H and O–H groups in total. The standard InChI is InChI=1S/C17H25N3O6S/c1-5-18-17(23)20-14(21)10-26-15(22)6-7-19-27(24,25)16-12(3)8-11(2)9-13(16)4/h8-9,19H,5-7,10H2,1-4H3,(H2,18,20,21,23). The van der Waals surface area contributed by atoms with Crippen molar-refractivity contribution in [2.24, 2.45) is 0 Å². The first-order valence-electron chi connectivity index (χ1n) is 8.37. The van der Waals surface area contributed by atoms with Crippen molar-refractivity contribution in [1.29, 1.82) is 0 Å². The highest BCUT2D eigenvalue weighted by molar-refractivity contribution is 7.89. The van der Waals surface area contributed by atoms with E-state index in [1.807, 2.05) is 12.2 Å². The van der Waals surface area contributed by atoms with Crippen LogP contribution in [-0.2, 0) is 24.3 Å². The van der Waals surface area contributed by atoms with Crippen molar-refractivity contribution in [3.05, 3.63) is 28.8 Å². The number of amides is 3. The SMILES string of the molecule is CCNC(=O)NC(=O)COC(=O)CCNS(=O)(=O)c1c(C)cc(C)cc1C. The Morgan fingerprint density at radius 3 is 2.22 bits per heavy atom. The first-order valence-corrected chi connectivity index (χ1v) is 9.86. The van der Waals surface area contributed by atoms with E-state index < -0.39 is 34.5 Å². The van der Waals surface area contributed by atoms with Crippen molar-refractivity contribution < 1.29 is 27.5 Å². The van der Waals surface area contributed by atoms with Gasteiger partial charge >= 0.3 is 12.0 Å². The Balaban J connectivity index is 2.49. The molecule has 0 saturated carbocycles. The number of sulfonamides is 1. The van der Waals surface area contributed by atoms with Crippen LogP contribution >= 0.6 is 0 Å². The van der Waals surface area contributed by atoms with Gasteiger partial charge in [-0.3, -0.25) is 14.9 Å². The molecule has 0 atom stereocenters. The van der Waals surface area contributed by atoms with Crippen LogP contribution in [0.2, 0.25) is 0 Å². The van der Waals surface area contributed by atoms with Gasteiger partial charge in [-0.25, -0.2) is 17.9 Å². The average Bonchev–Trinajstić information content (AvgIpc) is 2.51. The van der Waals surface area contributed by atoms with Crippen LogP contribution < -0.4 is 15.4 Å². The molecule has 0 aromatic heterocycles. The van der Waals surface area contributed by atoms with Gasteiger partial charge in [-0.05, 0) is 38.8 Å². The van der Waals surface area contributed by atoms with Crippen molar-refractivity contribution in [3.63, 3.8) is 0 Å². The highest BCUT2D eigenvalue weighted by Gasteiger charge is 2.20. The Morgan fingerprint density at radius 2 is 1.67 bits per heavy atom. The Morgan fingerprint density at radius 1 is 1.07 bits per heavy atom. The summed E-state index contributed by atoms with van der Waals surface area (Å²) in [4.78, 5) is 34.3. The molecule has 10 heteroatoms. The first-order chi connectivity index (χ1) is 12.6. The van der Waals surface area contributed by atoms with Gasteiger partial charge in [0.2, 0.25) is 10.0 Å². The van der Waals surface area contributed by atoms with Crippen molar-refractivity contribution in [2.45, 2.75) is 39.0 Å². The lowest BCUT2D eigenvalue weighted by atomic mass is 10.1. The quantitative estimate of drug-likeness (QED) is 0.551. The molecule has 0 aliphatic heterocycles. The molecule has 1 aromatic carbocycles. The van der Waals surface area contributed by atoms with Crippen LogP contribution in [0.3, 0.4) is 0 Å². The number of nitrogens with one attached hydrogen (secondary N) is 3. The van der Waals surface area contributed by atoms with E-state index >= 15 is 0 Å². The maximum Gasteiger partial charge on any atom is 0.321 e. The Labute approximate surface area is 158 Å². The molecule has 27 heavy (non-hydrogen) atoms. The predicted molar refractivity (Wildman–Crippen MR) is 98.6 cm³/mol. The first kappa shape index (κ1) is 22.6. The molecule has 1 rings (SSSR count). The van der Waals surface area contributed by atoms with Gasteiger partial charge in [0.1, 0.15) is 0 Å². The molecule has 0 aliphatic carbocycles. The average molecular weight is 399 g/mol. The number of carbonyl (C=O) groups is 3. The summed E-state index contributed by atoms with van der Waals surface area (Å²) >= 11 is 0. The smallest absolute Gasteiger partial charge is 0.321 e. The number of hydrogen-bond acceptors (Lipinski definition) is 6. The molecule has 9 nitrogen and oxygen atoms in total. The maximum atomic E-state index is 12.4. The molecule has 0 spiro atoms. The van der Waals surface area contributed by atoms with Gasteiger partial charge in [0.25, 0.3) is 5.91 Å². The Kier molecular flexibility index (Phi) is 8.38. The lowest BCUT2D eigenvalue weighted by Gasteiger charge is -2.13. The van der Waals surface area contributed by atoms with E-state index in [0.717, 1.165) is 5.56 Å². The zero-order chi connectivity index (χ0) is 20.6. The summed E-state index contributed by atoms with van der Waals surface area (Å²) in [5, 5.41) is 4.33. The van der Waals surface area contributed by atoms with E-state index in [1.54, 1.807) is 32.9 Å². The number of urea groups is 1. The van der Waals surface area contributed by atoms with E-state index in [0.29, 0.717) is 17.7 Å². The molecule has 1 aromatic rings. The summed E-state index contributed by atoms with van der Waals surface area (Å²) in [6.07, 6.45) is -0.252. The summed E-state index contributed by atoms with van der Waals surface area (Å²) in [6.45, 7) is 6.52. The van der Waals surface area contributed by atoms with Gasteiger partial charge in [-0.2, -0.15) is 0 Å². The number of aryl methyl sites for hydroxylation is 3. The summed E-state index contributed by atoms with van der Waals surface area (Å²) in [6, 6.07) is 2.85. The molecule has 3 amide bonds. The maximum absolute atomic E-state index is 12.4. The van der Waals surface area contributed by atoms with E-state index in [1.165, 1.54) is 0 Å². The summed E-state index contributed by atoms with van der Waals surface area (Å²) in [7, 11) is -3.78. The van der Waals surface area contributed by atoms with Gasteiger partial charge in [-0.15, -0.1) is 0 Å². The van der Waals surface area contributed by atoms with Gasteiger partial charge in [0, 0.05) is 13.1 Å². The zero-order valence-corrected chi connectivity index (χ0v) is 16.7. The van der Waals surface area contributed by atoms with Gasteiger partial charge in [-0.1, -0.05) is 17.7 Å². The number of esters is 1. The minimum Gasteiger partial charge on any atom is -0.456 e. The summed E-state index contributed by atoms with van der Waals surface area (Å²) < 4.78 is 31.9. The highest BCUT2D eigenvalue weighted by atomic mass is 32.2. The molecule has 0 fully saturated rings. The molecule has 0 aliphatic rings. The molecule has 0 heterocycles. The third-order valence-corrected chi connectivity index (χ3v) is 5.21. The molecule has 0 radical (unpaired) electrons. The van der Waals surface area contributed by atoms with E-state index in [-0.39, 0.29) is 17.9 Å². The minimum absolute atomic E-state index is 0.175. The Hall–Kier alpha value is -2.46. The van der Waals surface area contributed by atoms with E-state index in [4.69, 9.17) is 4.74 Å². The van der Waals surface area contributed by atoms with Crippen molar-refractivity contribution in [2.75, 3.05) is 19.7 Å². The second-order valence-electron chi connectivity index (χ2n) is 5.94. The second kappa shape index (κ2) is 10.0. The van der Waals surface area contributed by atoms with Crippen LogP contribution in [-0.4, -0.2) is 46.0 Å². The number of ether oxygens (including phenoxy) is 1. The third-order valence-electron chi connectivity index (χ3n) is 3.45. The number of imide groups is 1. The fraction of sp³-hybridized carbons (Fsp3) is 0.471. The lowest BCUT2D eigenvalue weighted by molar-refractivity contribution is -0.148. The van der Waals surface area contributed by atoms with Crippen LogP contribution in [0.4, 0.5) is 4.79 Å². The Bertz CT molecular complexity index is 797. The van der Waals surface area contributed by atoms with E-state index in [9.17, 15) is 22.8 Å². The van der Waals surface area contributed by atoms with Crippen molar-refractivity contribution in [1.82, 2.24) is 15.4 Å². The normalized spacial score (nSPS) is 11.0. The largest absolute Gasteiger partial charge is 0.456 e. The van der Waals surface area contributed by atoms with Crippen LogP contribution in [0.1, 0.15) is 30.0 Å². The zero-order valence-electron chi connectivity index (χ0n) is 15.8. The fourth-order valence-corrected chi connectivity index (χ4v) is 4.02. The van der Waals surface area contributed by atoms with Crippen LogP contribution in [0.5, 0.6) is 0 Å². The summed E-state index contributed by atoms with van der Waals surface area (Å²) in [5.41, 5.74) is 2.19. The monoisotopic (exact) mass is 399 g/mol. The highest BCUT2D eigenvalue weighted by Crippen LogP contribution is 2.21. The topological polar surface area (TPSA) is 131 Å². The summed E-state index contributed by atoms with van der Waals surface area (Å²) in [5.74, 6) is -1.54. The van der Waals surface area contributed by atoms with E-state index in [2.05, 4.69) is 10.0 Å². The lowest BCUT2D eigenvalue weighted by Crippen LogP contribution is -2.41. The number of carbonyl (C=O) groups excluding carboxylic acids is 3. The minimum atomic E-state index is -3.78. The molecule has 150 valence electrons. The fourth-order valence-electron chi connectivity index (χ4n) is 2.54. The molecular weight excluding hydrogens is 374 g/mol. The van der Waals surface area contributed by atoms with Crippen LogP contribution in [0.25, 0.3) is 0 Å². The number of hydrogen-bond donors (Lipinski definition) is 3. The van der Waals surface area contributed by atoms with Gasteiger partial charge in [0.15, 0.2) is 6.61 Å². The molecule has 0 bridgehead atoms. The van der Waals surface area contributed by atoms with Gasteiger partial charge in [0.05, 0.1) is 11.3 Å². The number of benzene rings is 1. The number of rotatable bonds is 8. The molecule has 0 unspecified atom stereocenters. The molecular formula is C17H25N3O6S. The third kappa shape index (κ3) is 7.35. The van der Waals surface area contributed by atoms with Crippen LogP contribution in [0.15, 0.2) is 17.0 Å². The molecule has 0 saturated heterocycles. The van der Waals surface area contributed by atoms with Crippen molar-refractivity contribution in [3.8, 4) is 0 Å². The van der Waals surface area contributed by atoms with Gasteiger partial charge < -0.3 is 10.1 Å². The van der Waals surface area contributed by atoms with Crippen molar-refractivity contribution >= 4 is 27.9 Å². The van der Waals surface area contributed by atoms with Crippen LogP contribution in [0, 0.1) is 20.8 Å².